The summed E-state index contributed by atoms with van der Waals surface area (Å²) in [7, 11) is 0. The van der Waals surface area contributed by atoms with Gasteiger partial charge >= 0.3 is 0 Å². The maximum Gasteiger partial charge on any atom is 0.124 e. The molecule has 126 valence electrons. The zero-order valence-corrected chi connectivity index (χ0v) is 14.5. The molecule has 0 aliphatic carbocycles. The molecule has 4 heteroatoms. The quantitative estimate of drug-likeness (QED) is 0.801. The molecule has 3 atom stereocenters. The first-order chi connectivity index (χ1) is 10.6. The van der Waals surface area contributed by atoms with Crippen LogP contribution in [0.4, 0.5) is 0 Å². The van der Waals surface area contributed by atoms with Gasteiger partial charge in [0.05, 0.1) is 12.1 Å². The van der Waals surface area contributed by atoms with Crippen molar-refractivity contribution >= 4 is 12.4 Å². The Morgan fingerprint density at radius 1 is 1.04 bits per heavy atom. The number of rotatable bonds is 7. The van der Waals surface area contributed by atoms with E-state index in [9.17, 15) is 5.11 Å². The van der Waals surface area contributed by atoms with Crippen molar-refractivity contribution in [1.29, 1.82) is 0 Å². The minimum absolute atomic E-state index is 0. The van der Waals surface area contributed by atoms with Gasteiger partial charge in [0, 0.05) is 5.56 Å². The number of benzene rings is 2. The van der Waals surface area contributed by atoms with Crippen LogP contribution in [0.1, 0.15) is 37.4 Å². The summed E-state index contributed by atoms with van der Waals surface area (Å²) < 4.78 is 5.92. The standard InChI is InChI=1S/C19H25NO2.ClH/c1-3-14(2)19(21)18(20)16-11-7-8-12-17(16)22-13-15-9-5-4-6-10-15;/h4-12,14,18-19,21H,3,13,20H2,1-2H3;1H/t14?,18-,19+;/m0./s1. The molecule has 1 unspecified atom stereocenters. The van der Waals surface area contributed by atoms with Crippen LogP contribution in [0.3, 0.4) is 0 Å². The predicted molar refractivity (Wildman–Crippen MR) is 96.9 cm³/mol. The zero-order chi connectivity index (χ0) is 15.9. The Bertz CT molecular complexity index is 577. The molecule has 0 saturated carbocycles. The van der Waals surface area contributed by atoms with Crippen LogP contribution in [0, 0.1) is 5.92 Å². The van der Waals surface area contributed by atoms with Crippen molar-refractivity contribution in [3.8, 4) is 5.75 Å². The summed E-state index contributed by atoms with van der Waals surface area (Å²) in [5.41, 5.74) is 8.21. The van der Waals surface area contributed by atoms with Crippen molar-refractivity contribution in [2.75, 3.05) is 0 Å². The Labute approximate surface area is 144 Å². The highest BCUT2D eigenvalue weighted by atomic mass is 35.5. The molecule has 2 aromatic rings. The molecule has 0 amide bonds. The lowest BCUT2D eigenvalue weighted by atomic mass is 9.91. The summed E-state index contributed by atoms with van der Waals surface area (Å²) in [5.74, 6) is 0.887. The van der Waals surface area contributed by atoms with E-state index < -0.39 is 12.1 Å². The van der Waals surface area contributed by atoms with Crippen LogP contribution < -0.4 is 10.5 Å². The Kier molecular flexibility index (Phi) is 8.10. The number of halogens is 1. The Morgan fingerprint density at radius 2 is 1.65 bits per heavy atom. The molecule has 3 nitrogen and oxygen atoms in total. The number of hydrogen-bond donors (Lipinski definition) is 2. The average molecular weight is 336 g/mol. The molecular weight excluding hydrogens is 310 g/mol. The molecule has 2 rings (SSSR count). The molecule has 0 aromatic heterocycles. The second-order valence-corrected chi connectivity index (χ2v) is 5.71. The topological polar surface area (TPSA) is 55.5 Å². The van der Waals surface area contributed by atoms with Gasteiger partial charge in [-0.25, -0.2) is 0 Å². The Morgan fingerprint density at radius 3 is 2.30 bits per heavy atom. The van der Waals surface area contributed by atoms with Crippen LogP contribution in [-0.4, -0.2) is 11.2 Å². The van der Waals surface area contributed by atoms with Crippen molar-refractivity contribution < 1.29 is 9.84 Å². The van der Waals surface area contributed by atoms with Crippen LogP contribution in [0.25, 0.3) is 0 Å². The first-order valence-electron chi connectivity index (χ1n) is 7.82. The van der Waals surface area contributed by atoms with Crippen LogP contribution in [-0.2, 0) is 6.61 Å². The molecule has 3 N–H and O–H groups in total. The number of aliphatic hydroxyl groups excluding tert-OH is 1. The van der Waals surface area contributed by atoms with Gasteiger partial charge in [0.2, 0.25) is 0 Å². The number of aliphatic hydroxyl groups is 1. The van der Waals surface area contributed by atoms with E-state index in [-0.39, 0.29) is 18.3 Å². The molecule has 0 fully saturated rings. The minimum Gasteiger partial charge on any atom is -0.489 e. The third-order valence-electron chi connectivity index (χ3n) is 4.11. The van der Waals surface area contributed by atoms with Gasteiger partial charge in [0.25, 0.3) is 0 Å². The maximum atomic E-state index is 10.4. The molecule has 0 aliphatic rings. The fraction of sp³-hybridized carbons (Fsp3) is 0.368. The Balaban J connectivity index is 0.00000264. The van der Waals surface area contributed by atoms with Gasteiger partial charge in [0.15, 0.2) is 0 Å². The number of nitrogens with two attached hydrogens (primary N) is 1. The zero-order valence-electron chi connectivity index (χ0n) is 13.7. The van der Waals surface area contributed by atoms with Gasteiger partial charge < -0.3 is 15.6 Å². The average Bonchev–Trinajstić information content (AvgIpc) is 2.59. The van der Waals surface area contributed by atoms with Gasteiger partial charge in [-0.15, -0.1) is 12.4 Å². The lowest BCUT2D eigenvalue weighted by molar-refractivity contribution is 0.0866. The van der Waals surface area contributed by atoms with E-state index in [2.05, 4.69) is 6.92 Å². The van der Waals surface area contributed by atoms with Crippen LogP contribution >= 0.6 is 12.4 Å². The van der Waals surface area contributed by atoms with E-state index >= 15 is 0 Å². The van der Waals surface area contributed by atoms with E-state index in [0.29, 0.717) is 6.61 Å². The van der Waals surface area contributed by atoms with Crippen molar-refractivity contribution in [1.82, 2.24) is 0 Å². The van der Waals surface area contributed by atoms with E-state index in [4.69, 9.17) is 10.5 Å². The number of para-hydroxylation sites is 1. The van der Waals surface area contributed by atoms with Gasteiger partial charge in [-0.05, 0) is 17.5 Å². The monoisotopic (exact) mass is 335 g/mol. The lowest BCUT2D eigenvalue weighted by Crippen LogP contribution is -2.31. The molecule has 23 heavy (non-hydrogen) atoms. The molecule has 0 saturated heterocycles. The lowest BCUT2D eigenvalue weighted by Gasteiger charge is -2.25. The van der Waals surface area contributed by atoms with Crippen molar-refractivity contribution in [2.24, 2.45) is 11.7 Å². The minimum atomic E-state index is -0.577. The third-order valence-corrected chi connectivity index (χ3v) is 4.11. The summed E-state index contributed by atoms with van der Waals surface area (Å²) >= 11 is 0. The van der Waals surface area contributed by atoms with E-state index in [1.807, 2.05) is 61.5 Å². The van der Waals surface area contributed by atoms with E-state index in [1.165, 1.54) is 0 Å². The van der Waals surface area contributed by atoms with Crippen molar-refractivity contribution in [2.45, 2.75) is 39.0 Å². The van der Waals surface area contributed by atoms with E-state index in [1.54, 1.807) is 0 Å². The molecule has 0 spiro atoms. The summed E-state index contributed by atoms with van der Waals surface area (Å²) in [4.78, 5) is 0. The molecule has 0 radical (unpaired) electrons. The predicted octanol–water partition coefficient (Wildman–Crippen LogP) is 4.09. The highest BCUT2D eigenvalue weighted by Crippen LogP contribution is 2.29. The van der Waals surface area contributed by atoms with Crippen LogP contribution in [0.5, 0.6) is 5.75 Å². The number of ether oxygens (including phenoxy) is 1. The van der Waals surface area contributed by atoms with Gasteiger partial charge in [0.1, 0.15) is 12.4 Å². The summed E-state index contributed by atoms with van der Waals surface area (Å²) in [6, 6.07) is 17.2. The highest BCUT2D eigenvalue weighted by Gasteiger charge is 2.24. The second kappa shape index (κ2) is 9.56. The maximum absolute atomic E-state index is 10.4. The Hall–Kier alpha value is -1.55. The summed E-state index contributed by atoms with van der Waals surface area (Å²) in [6.45, 7) is 4.56. The highest BCUT2D eigenvalue weighted by molar-refractivity contribution is 5.85. The first-order valence-corrected chi connectivity index (χ1v) is 7.82. The molecule has 2 aromatic carbocycles. The van der Waals surface area contributed by atoms with E-state index in [0.717, 1.165) is 23.3 Å². The van der Waals surface area contributed by atoms with Crippen LogP contribution in [0.15, 0.2) is 54.6 Å². The van der Waals surface area contributed by atoms with Gasteiger partial charge in [-0.2, -0.15) is 0 Å². The SMILES string of the molecule is CCC(C)[C@@H](O)[C@@H](N)c1ccccc1OCc1ccccc1.Cl. The molecular formula is C19H26ClNO2. The first kappa shape index (κ1) is 19.5. The summed E-state index contributed by atoms with van der Waals surface area (Å²) in [6.07, 6.45) is 0.313. The molecule has 0 aliphatic heterocycles. The second-order valence-electron chi connectivity index (χ2n) is 5.71. The third kappa shape index (κ3) is 5.24. The van der Waals surface area contributed by atoms with Crippen LogP contribution in [0.2, 0.25) is 0 Å². The fourth-order valence-electron chi connectivity index (χ4n) is 2.40. The fourth-order valence-corrected chi connectivity index (χ4v) is 2.40. The normalized spacial score (nSPS) is 14.4. The summed E-state index contributed by atoms with van der Waals surface area (Å²) in [5, 5.41) is 10.4. The largest absolute Gasteiger partial charge is 0.489 e. The molecule has 0 bridgehead atoms. The number of hydrogen-bond acceptors (Lipinski definition) is 3. The van der Waals surface area contributed by atoms with Crippen molar-refractivity contribution in [3.63, 3.8) is 0 Å². The van der Waals surface area contributed by atoms with Gasteiger partial charge in [-0.1, -0.05) is 68.8 Å². The molecule has 0 heterocycles. The van der Waals surface area contributed by atoms with Gasteiger partial charge in [-0.3, -0.25) is 0 Å². The van der Waals surface area contributed by atoms with Crippen molar-refractivity contribution in [3.05, 3.63) is 65.7 Å². The smallest absolute Gasteiger partial charge is 0.124 e.